The van der Waals surface area contributed by atoms with Crippen molar-refractivity contribution in [1.29, 1.82) is 0 Å². The molecule has 1 amide bonds. The number of aromatic nitrogens is 4. The van der Waals surface area contributed by atoms with E-state index in [1.54, 1.807) is 19.5 Å². The highest BCUT2D eigenvalue weighted by Crippen LogP contribution is 2.27. The summed E-state index contributed by atoms with van der Waals surface area (Å²) in [6.45, 7) is 2.28. The maximum Gasteiger partial charge on any atom is 0.231 e. The Kier molecular flexibility index (Phi) is 5.17. The Hall–Kier alpha value is -2.32. The van der Waals surface area contributed by atoms with Crippen LogP contribution in [-0.2, 0) is 16.1 Å². The average Bonchev–Trinajstić information content (AvgIpc) is 3.00. The lowest BCUT2D eigenvalue weighted by atomic mass is 9.97. The van der Waals surface area contributed by atoms with E-state index in [9.17, 15) is 4.79 Å². The van der Waals surface area contributed by atoms with E-state index in [1.807, 2.05) is 16.8 Å². The minimum Gasteiger partial charge on any atom is -0.377 e. The third kappa shape index (κ3) is 3.77. The summed E-state index contributed by atoms with van der Waals surface area (Å²) in [4.78, 5) is 22.0. The van der Waals surface area contributed by atoms with Crippen molar-refractivity contribution in [3.8, 4) is 5.69 Å². The van der Waals surface area contributed by atoms with Gasteiger partial charge >= 0.3 is 0 Å². The maximum absolute atomic E-state index is 11.2. The summed E-state index contributed by atoms with van der Waals surface area (Å²) in [7, 11) is 1.63. The van der Waals surface area contributed by atoms with E-state index in [4.69, 9.17) is 10.5 Å². The number of hydrogen-bond acceptors (Lipinski definition) is 6. The number of nitrogens with zero attached hydrogens (tertiary/aromatic N) is 5. The number of nitrogens with two attached hydrogens (primary N) is 1. The smallest absolute Gasteiger partial charge is 0.231 e. The summed E-state index contributed by atoms with van der Waals surface area (Å²) < 4.78 is 7.03. The van der Waals surface area contributed by atoms with Gasteiger partial charge in [0.05, 0.1) is 12.2 Å². The predicted molar refractivity (Wildman–Crippen MR) is 87.5 cm³/mol. The molecule has 8 heteroatoms. The third-order valence-electron chi connectivity index (χ3n) is 4.11. The van der Waals surface area contributed by atoms with Crippen LogP contribution < -0.4 is 5.73 Å². The molecule has 0 aromatic carbocycles. The minimum absolute atomic E-state index is 0.198. The number of piperidine rings is 1. The molecule has 1 unspecified atom stereocenters. The molecular formula is C16H22N6O2. The van der Waals surface area contributed by atoms with Crippen LogP contribution in [0.1, 0.15) is 30.4 Å². The number of pyridine rings is 1. The van der Waals surface area contributed by atoms with Gasteiger partial charge in [-0.15, -0.1) is 5.10 Å². The van der Waals surface area contributed by atoms with Gasteiger partial charge in [0.15, 0.2) is 5.82 Å². The molecule has 2 aromatic heterocycles. The molecule has 24 heavy (non-hydrogen) atoms. The molecule has 1 fully saturated rings. The highest BCUT2D eigenvalue weighted by atomic mass is 16.5. The first-order valence-corrected chi connectivity index (χ1v) is 8.03. The molecule has 0 aliphatic carbocycles. The van der Waals surface area contributed by atoms with Crippen molar-refractivity contribution in [3.05, 3.63) is 36.2 Å². The number of rotatable bonds is 6. The molecule has 3 rings (SSSR count). The number of likely N-dealkylation sites (tertiary alicyclic amines) is 1. The molecule has 1 aliphatic rings. The van der Waals surface area contributed by atoms with Crippen molar-refractivity contribution < 1.29 is 9.53 Å². The van der Waals surface area contributed by atoms with Crippen LogP contribution in [-0.4, -0.2) is 57.3 Å². The Labute approximate surface area is 140 Å². The number of hydrogen-bond donors (Lipinski definition) is 1. The molecule has 0 radical (unpaired) electrons. The van der Waals surface area contributed by atoms with E-state index < -0.39 is 0 Å². The summed E-state index contributed by atoms with van der Waals surface area (Å²) in [6.07, 6.45) is 5.47. The van der Waals surface area contributed by atoms with Crippen molar-refractivity contribution in [1.82, 2.24) is 24.6 Å². The zero-order valence-electron chi connectivity index (χ0n) is 13.8. The highest BCUT2D eigenvalue weighted by Gasteiger charge is 2.27. The van der Waals surface area contributed by atoms with E-state index in [0.29, 0.717) is 12.4 Å². The fourth-order valence-electron chi connectivity index (χ4n) is 3.13. The molecule has 1 atom stereocenters. The SMILES string of the molecule is COCc1nc(C2CCCN(CC(N)=O)C2)n(-c2ccncc2)n1. The van der Waals surface area contributed by atoms with Crippen LogP contribution in [0.3, 0.4) is 0 Å². The Morgan fingerprint density at radius 2 is 2.21 bits per heavy atom. The fraction of sp³-hybridized carbons (Fsp3) is 0.500. The van der Waals surface area contributed by atoms with E-state index in [2.05, 4.69) is 20.0 Å². The largest absolute Gasteiger partial charge is 0.377 e. The van der Waals surface area contributed by atoms with Crippen molar-refractivity contribution in [2.75, 3.05) is 26.7 Å². The summed E-state index contributed by atoms with van der Waals surface area (Å²) in [5.74, 6) is 1.44. The first-order chi connectivity index (χ1) is 11.7. The molecule has 2 aromatic rings. The van der Waals surface area contributed by atoms with Gasteiger partial charge in [0.2, 0.25) is 5.91 Å². The Morgan fingerprint density at radius 1 is 1.42 bits per heavy atom. The molecule has 1 aliphatic heterocycles. The normalized spacial score (nSPS) is 18.6. The lowest BCUT2D eigenvalue weighted by Gasteiger charge is -2.31. The van der Waals surface area contributed by atoms with Crippen molar-refractivity contribution in [2.24, 2.45) is 5.73 Å². The van der Waals surface area contributed by atoms with Gasteiger partial charge < -0.3 is 10.5 Å². The molecular weight excluding hydrogens is 308 g/mol. The topological polar surface area (TPSA) is 99.2 Å². The number of carbonyl (C=O) groups excluding carboxylic acids is 1. The van der Waals surface area contributed by atoms with Gasteiger partial charge in [0.25, 0.3) is 0 Å². The van der Waals surface area contributed by atoms with E-state index in [-0.39, 0.29) is 18.4 Å². The summed E-state index contributed by atoms with van der Waals surface area (Å²) in [5, 5.41) is 4.57. The van der Waals surface area contributed by atoms with Crippen molar-refractivity contribution in [3.63, 3.8) is 0 Å². The fourth-order valence-corrected chi connectivity index (χ4v) is 3.13. The van der Waals surface area contributed by atoms with Crippen LogP contribution in [0.4, 0.5) is 0 Å². The summed E-state index contributed by atoms with van der Waals surface area (Å²) >= 11 is 0. The lowest BCUT2D eigenvalue weighted by Crippen LogP contribution is -2.40. The number of primary amides is 1. The number of amides is 1. The van der Waals surface area contributed by atoms with E-state index >= 15 is 0 Å². The first kappa shape index (κ1) is 16.5. The number of ether oxygens (including phenoxy) is 1. The van der Waals surface area contributed by atoms with Gasteiger partial charge in [0, 0.05) is 32.0 Å². The van der Waals surface area contributed by atoms with Crippen LogP contribution in [0, 0.1) is 0 Å². The molecule has 0 spiro atoms. The van der Waals surface area contributed by atoms with Crippen LogP contribution in [0.25, 0.3) is 5.69 Å². The zero-order chi connectivity index (χ0) is 16.9. The lowest BCUT2D eigenvalue weighted by molar-refractivity contribution is -0.119. The molecule has 3 heterocycles. The van der Waals surface area contributed by atoms with Crippen LogP contribution in [0.2, 0.25) is 0 Å². The van der Waals surface area contributed by atoms with Gasteiger partial charge in [-0.2, -0.15) is 0 Å². The Morgan fingerprint density at radius 3 is 2.92 bits per heavy atom. The third-order valence-corrected chi connectivity index (χ3v) is 4.11. The number of methoxy groups -OCH3 is 1. The Balaban J connectivity index is 1.89. The van der Waals surface area contributed by atoms with Gasteiger partial charge in [-0.25, -0.2) is 9.67 Å². The zero-order valence-corrected chi connectivity index (χ0v) is 13.8. The van der Waals surface area contributed by atoms with Crippen molar-refractivity contribution in [2.45, 2.75) is 25.4 Å². The second kappa shape index (κ2) is 7.50. The predicted octanol–water partition coefficient (Wildman–Crippen LogP) is 0.473. The summed E-state index contributed by atoms with van der Waals surface area (Å²) in [6, 6.07) is 3.80. The highest BCUT2D eigenvalue weighted by molar-refractivity contribution is 5.75. The maximum atomic E-state index is 11.2. The van der Waals surface area contributed by atoms with Gasteiger partial charge in [-0.05, 0) is 31.5 Å². The second-order valence-corrected chi connectivity index (χ2v) is 5.98. The quantitative estimate of drug-likeness (QED) is 0.827. The molecule has 8 nitrogen and oxygen atoms in total. The molecule has 0 bridgehead atoms. The molecule has 1 saturated heterocycles. The molecule has 2 N–H and O–H groups in total. The van der Waals surface area contributed by atoms with Gasteiger partial charge in [-0.3, -0.25) is 14.7 Å². The number of carbonyl (C=O) groups is 1. The second-order valence-electron chi connectivity index (χ2n) is 5.98. The summed E-state index contributed by atoms with van der Waals surface area (Å²) in [5.41, 5.74) is 6.25. The van der Waals surface area contributed by atoms with Gasteiger partial charge in [-0.1, -0.05) is 0 Å². The Bertz CT molecular complexity index is 687. The monoisotopic (exact) mass is 330 g/mol. The van der Waals surface area contributed by atoms with E-state index in [1.165, 1.54) is 0 Å². The molecule has 0 saturated carbocycles. The van der Waals surface area contributed by atoms with Crippen LogP contribution >= 0.6 is 0 Å². The van der Waals surface area contributed by atoms with Gasteiger partial charge in [0.1, 0.15) is 12.4 Å². The molecule has 128 valence electrons. The minimum atomic E-state index is -0.300. The van der Waals surface area contributed by atoms with Crippen LogP contribution in [0.15, 0.2) is 24.5 Å². The first-order valence-electron chi connectivity index (χ1n) is 8.03. The van der Waals surface area contributed by atoms with Crippen LogP contribution in [0.5, 0.6) is 0 Å². The standard InChI is InChI=1S/C16H22N6O2/c1-24-11-15-19-16(22(20-15)13-4-6-18-7-5-13)12-3-2-8-21(9-12)10-14(17)23/h4-7,12H,2-3,8-11H2,1H3,(H2,17,23). The van der Waals surface area contributed by atoms with Crippen molar-refractivity contribution >= 4 is 5.91 Å². The average molecular weight is 330 g/mol. The van der Waals surface area contributed by atoms with E-state index in [0.717, 1.165) is 37.4 Å².